The van der Waals surface area contributed by atoms with Crippen LogP contribution in [-0.2, 0) is 6.54 Å². The fourth-order valence-corrected chi connectivity index (χ4v) is 2.58. The Balaban J connectivity index is 1.95. The second kappa shape index (κ2) is 7.28. The van der Waals surface area contributed by atoms with Gasteiger partial charge in [-0.15, -0.1) is 0 Å². The van der Waals surface area contributed by atoms with Crippen molar-refractivity contribution in [3.8, 4) is 0 Å². The number of carbonyl (C=O) groups is 1. The SMILES string of the molecule is O=C(Nc1nc2ccc(F)cc2n1CCCO)c1cccc([N+](=O)[O-])c1. The van der Waals surface area contributed by atoms with E-state index in [0.29, 0.717) is 24.0 Å². The minimum atomic E-state index is -0.587. The Morgan fingerprint density at radius 2 is 2.12 bits per heavy atom. The molecule has 0 bridgehead atoms. The van der Waals surface area contributed by atoms with Crippen molar-refractivity contribution in [2.45, 2.75) is 13.0 Å². The molecule has 0 spiro atoms. The maximum atomic E-state index is 13.6. The van der Waals surface area contributed by atoms with E-state index in [1.165, 1.54) is 36.4 Å². The molecule has 1 amide bonds. The Labute approximate surface area is 147 Å². The average molecular weight is 358 g/mol. The molecular weight excluding hydrogens is 343 g/mol. The van der Waals surface area contributed by atoms with Gasteiger partial charge in [0.2, 0.25) is 5.95 Å². The Bertz CT molecular complexity index is 986. The number of amides is 1. The molecule has 0 unspecified atom stereocenters. The maximum Gasteiger partial charge on any atom is 0.270 e. The highest BCUT2D eigenvalue weighted by Gasteiger charge is 2.16. The van der Waals surface area contributed by atoms with Crippen LogP contribution >= 0.6 is 0 Å². The van der Waals surface area contributed by atoms with Gasteiger partial charge in [0, 0.05) is 30.8 Å². The molecule has 8 nitrogen and oxygen atoms in total. The number of hydrogen-bond donors (Lipinski definition) is 2. The third-order valence-electron chi connectivity index (χ3n) is 3.79. The summed E-state index contributed by atoms with van der Waals surface area (Å²) in [5.41, 5.74) is 0.867. The first-order chi connectivity index (χ1) is 12.5. The highest BCUT2D eigenvalue weighted by molar-refractivity contribution is 6.04. The maximum absolute atomic E-state index is 13.6. The van der Waals surface area contributed by atoms with Crippen molar-refractivity contribution in [3.63, 3.8) is 0 Å². The number of aryl methyl sites for hydroxylation is 1. The van der Waals surface area contributed by atoms with E-state index in [4.69, 9.17) is 5.11 Å². The molecule has 134 valence electrons. The van der Waals surface area contributed by atoms with Gasteiger partial charge < -0.3 is 9.67 Å². The van der Waals surface area contributed by atoms with Crippen LogP contribution in [0.3, 0.4) is 0 Å². The van der Waals surface area contributed by atoms with Crippen LogP contribution in [0.2, 0.25) is 0 Å². The molecule has 0 aliphatic carbocycles. The van der Waals surface area contributed by atoms with Crippen molar-refractivity contribution in [1.29, 1.82) is 0 Å². The number of imidazole rings is 1. The number of carbonyl (C=O) groups excluding carboxylic acids is 1. The summed E-state index contributed by atoms with van der Waals surface area (Å²) in [5, 5.41) is 22.5. The molecule has 3 rings (SSSR count). The van der Waals surface area contributed by atoms with Crippen LogP contribution in [-0.4, -0.2) is 32.1 Å². The molecule has 0 saturated carbocycles. The minimum absolute atomic E-state index is 0.0761. The number of aromatic nitrogens is 2. The van der Waals surface area contributed by atoms with Crippen molar-refractivity contribution in [2.24, 2.45) is 0 Å². The van der Waals surface area contributed by atoms with E-state index in [0.717, 1.165) is 6.07 Å². The van der Waals surface area contributed by atoms with E-state index in [2.05, 4.69) is 10.3 Å². The zero-order valence-electron chi connectivity index (χ0n) is 13.6. The van der Waals surface area contributed by atoms with E-state index in [-0.39, 0.29) is 23.8 Å². The summed E-state index contributed by atoms with van der Waals surface area (Å²) < 4.78 is 15.1. The molecule has 0 atom stereocenters. The van der Waals surface area contributed by atoms with Crippen LogP contribution in [0.25, 0.3) is 11.0 Å². The number of nitro benzene ring substituents is 1. The molecule has 0 radical (unpaired) electrons. The molecule has 2 aromatic carbocycles. The highest BCUT2D eigenvalue weighted by Crippen LogP contribution is 2.22. The van der Waals surface area contributed by atoms with Gasteiger partial charge in [-0.1, -0.05) is 6.07 Å². The lowest BCUT2D eigenvalue weighted by molar-refractivity contribution is -0.384. The average Bonchev–Trinajstić information content (AvgIpc) is 2.96. The highest BCUT2D eigenvalue weighted by atomic mass is 19.1. The largest absolute Gasteiger partial charge is 0.396 e. The number of nitrogens with zero attached hydrogens (tertiary/aromatic N) is 3. The van der Waals surface area contributed by atoms with Gasteiger partial charge in [0.15, 0.2) is 0 Å². The molecule has 0 aliphatic rings. The van der Waals surface area contributed by atoms with Gasteiger partial charge in [0.1, 0.15) is 5.82 Å². The number of non-ortho nitro benzene ring substituents is 1. The number of rotatable bonds is 6. The number of nitrogens with one attached hydrogen (secondary N) is 1. The van der Waals surface area contributed by atoms with Crippen LogP contribution in [0.1, 0.15) is 16.8 Å². The second-order valence-electron chi connectivity index (χ2n) is 5.56. The van der Waals surface area contributed by atoms with Crippen molar-refractivity contribution in [1.82, 2.24) is 9.55 Å². The molecule has 9 heteroatoms. The van der Waals surface area contributed by atoms with Gasteiger partial charge in [0.25, 0.3) is 11.6 Å². The zero-order valence-corrected chi connectivity index (χ0v) is 13.6. The van der Waals surface area contributed by atoms with Gasteiger partial charge in [0.05, 0.1) is 16.0 Å². The monoisotopic (exact) mass is 358 g/mol. The summed E-state index contributed by atoms with van der Waals surface area (Å²) in [6.45, 7) is 0.244. The standard InChI is InChI=1S/C17H15FN4O4/c18-12-5-6-14-15(10-12)21(7-2-8-23)17(19-14)20-16(24)11-3-1-4-13(9-11)22(25)26/h1,3-6,9-10,23H,2,7-8H2,(H,19,20,24). The summed E-state index contributed by atoms with van der Waals surface area (Å²) in [4.78, 5) is 27.0. The zero-order chi connectivity index (χ0) is 18.7. The quantitative estimate of drug-likeness (QED) is 0.520. The molecule has 26 heavy (non-hydrogen) atoms. The summed E-state index contributed by atoms with van der Waals surface area (Å²) in [7, 11) is 0. The molecule has 0 saturated heterocycles. The van der Waals surface area contributed by atoms with Gasteiger partial charge in [-0.3, -0.25) is 20.2 Å². The van der Waals surface area contributed by atoms with Crippen molar-refractivity contribution >= 4 is 28.6 Å². The minimum Gasteiger partial charge on any atom is -0.396 e. The molecular formula is C17H15FN4O4. The van der Waals surface area contributed by atoms with E-state index >= 15 is 0 Å². The second-order valence-corrected chi connectivity index (χ2v) is 5.56. The van der Waals surface area contributed by atoms with Gasteiger partial charge in [-0.2, -0.15) is 0 Å². The Kier molecular flexibility index (Phi) is 4.90. The topological polar surface area (TPSA) is 110 Å². The molecule has 1 aromatic heterocycles. The number of hydrogen-bond acceptors (Lipinski definition) is 5. The van der Waals surface area contributed by atoms with Crippen molar-refractivity contribution in [2.75, 3.05) is 11.9 Å². The number of benzene rings is 2. The summed E-state index contributed by atoms with van der Waals surface area (Å²) in [6.07, 6.45) is 0.391. The number of aliphatic hydroxyl groups is 1. The molecule has 2 N–H and O–H groups in total. The fraction of sp³-hybridized carbons (Fsp3) is 0.176. The Morgan fingerprint density at radius 1 is 1.31 bits per heavy atom. The number of fused-ring (bicyclic) bond motifs is 1. The predicted octanol–water partition coefficient (Wildman–Crippen LogP) is 2.72. The first-order valence-corrected chi connectivity index (χ1v) is 7.82. The smallest absolute Gasteiger partial charge is 0.270 e. The number of nitro groups is 1. The van der Waals surface area contributed by atoms with Gasteiger partial charge in [-0.05, 0) is 30.7 Å². The molecule has 1 heterocycles. The summed E-state index contributed by atoms with van der Waals surface area (Å²) >= 11 is 0. The lowest BCUT2D eigenvalue weighted by Gasteiger charge is -2.09. The van der Waals surface area contributed by atoms with Gasteiger partial charge >= 0.3 is 0 Å². The Hall–Kier alpha value is -3.33. The predicted molar refractivity (Wildman–Crippen MR) is 92.4 cm³/mol. The third kappa shape index (κ3) is 3.52. The van der Waals surface area contributed by atoms with E-state index in [1.54, 1.807) is 4.57 Å². The van der Waals surface area contributed by atoms with Gasteiger partial charge in [-0.25, -0.2) is 9.37 Å². The van der Waals surface area contributed by atoms with Crippen LogP contribution < -0.4 is 5.32 Å². The molecule has 0 aliphatic heterocycles. The molecule has 0 fully saturated rings. The van der Waals surface area contributed by atoms with E-state index in [9.17, 15) is 19.3 Å². The number of aliphatic hydroxyl groups excluding tert-OH is 1. The van der Waals surface area contributed by atoms with E-state index < -0.39 is 16.6 Å². The lowest BCUT2D eigenvalue weighted by Crippen LogP contribution is -2.16. The van der Waals surface area contributed by atoms with Crippen LogP contribution in [0.5, 0.6) is 0 Å². The third-order valence-corrected chi connectivity index (χ3v) is 3.79. The Morgan fingerprint density at radius 3 is 2.85 bits per heavy atom. The van der Waals surface area contributed by atoms with Crippen LogP contribution in [0.4, 0.5) is 16.0 Å². The lowest BCUT2D eigenvalue weighted by atomic mass is 10.2. The normalized spacial score (nSPS) is 10.8. The van der Waals surface area contributed by atoms with Crippen LogP contribution in [0, 0.1) is 15.9 Å². The first-order valence-electron chi connectivity index (χ1n) is 7.82. The van der Waals surface area contributed by atoms with Crippen molar-refractivity contribution < 1.29 is 19.2 Å². The van der Waals surface area contributed by atoms with E-state index in [1.807, 2.05) is 0 Å². The fourth-order valence-electron chi connectivity index (χ4n) is 2.58. The molecule has 3 aromatic rings. The first kappa shape index (κ1) is 17.5. The van der Waals surface area contributed by atoms with Crippen molar-refractivity contribution in [3.05, 3.63) is 64.0 Å². The summed E-state index contributed by atoms with van der Waals surface area (Å²) in [5.74, 6) is -0.843. The summed E-state index contributed by atoms with van der Waals surface area (Å²) in [6, 6.07) is 9.36. The number of halogens is 1. The van der Waals surface area contributed by atoms with Crippen LogP contribution in [0.15, 0.2) is 42.5 Å². The number of anilines is 1.